The molecule has 1 aliphatic rings. The fraction of sp³-hybridized carbons (Fsp3) is 0.371. The third-order valence-electron chi connectivity index (χ3n) is 6.36. The summed E-state index contributed by atoms with van der Waals surface area (Å²) in [4.78, 5) is 17.6. The predicted molar refractivity (Wildman–Crippen MR) is 173 cm³/mol. The van der Waals surface area contributed by atoms with Gasteiger partial charge in [0.2, 0.25) is 0 Å². The number of hydrogen-bond acceptors (Lipinski definition) is 4. The van der Waals surface area contributed by atoms with E-state index in [1.807, 2.05) is 55.0 Å². The molecule has 0 fully saturated rings. The average molecular weight is 523 g/mol. The number of nitrogens with zero attached hydrogens (tertiary/aromatic N) is 4. The summed E-state index contributed by atoms with van der Waals surface area (Å²) >= 11 is 0. The average Bonchev–Trinajstić information content (AvgIpc) is 3.26. The molecule has 0 aliphatic heterocycles. The summed E-state index contributed by atoms with van der Waals surface area (Å²) in [7, 11) is 0. The maximum Gasteiger partial charge on any atom is 0.0793 e. The second-order valence-corrected chi connectivity index (χ2v) is 9.42. The Morgan fingerprint density at radius 1 is 0.846 bits per heavy atom. The first kappa shape index (κ1) is 31.6. The normalized spacial score (nSPS) is 14.5. The van der Waals surface area contributed by atoms with Crippen LogP contribution in [0.1, 0.15) is 83.4 Å². The number of fused-ring (bicyclic) bond motifs is 1. The monoisotopic (exact) mass is 522 g/mol. The highest BCUT2D eigenvalue weighted by atomic mass is 14.7. The van der Waals surface area contributed by atoms with Crippen molar-refractivity contribution in [2.75, 3.05) is 13.1 Å². The summed E-state index contributed by atoms with van der Waals surface area (Å²) in [6.07, 6.45) is 23.4. The maximum atomic E-state index is 4.83. The van der Waals surface area contributed by atoms with E-state index in [9.17, 15) is 0 Å². The van der Waals surface area contributed by atoms with Crippen LogP contribution in [0.3, 0.4) is 0 Å². The molecular weight excluding hydrogens is 476 g/mol. The highest BCUT2D eigenvalue weighted by Crippen LogP contribution is 2.38. The molecule has 0 spiro atoms. The van der Waals surface area contributed by atoms with Gasteiger partial charge in [-0.1, -0.05) is 95.0 Å². The Kier molecular flexibility index (Phi) is 15.7. The molecule has 0 amide bonds. The van der Waals surface area contributed by atoms with Gasteiger partial charge in [0.15, 0.2) is 0 Å². The Morgan fingerprint density at radius 3 is 2.36 bits per heavy atom. The molecule has 39 heavy (non-hydrogen) atoms. The van der Waals surface area contributed by atoms with Gasteiger partial charge in [-0.25, -0.2) is 0 Å². The van der Waals surface area contributed by atoms with Crippen molar-refractivity contribution in [1.29, 1.82) is 0 Å². The smallest absolute Gasteiger partial charge is 0.0793 e. The maximum absolute atomic E-state index is 4.83. The van der Waals surface area contributed by atoms with E-state index in [1.54, 1.807) is 6.20 Å². The third-order valence-corrected chi connectivity index (χ3v) is 6.36. The molecule has 0 saturated heterocycles. The van der Waals surface area contributed by atoms with Gasteiger partial charge < -0.3 is 0 Å². The number of benzene rings is 1. The summed E-state index contributed by atoms with van der Waals surface area (Å²) in [6.45, 7) is 15.9. The molecule has 1 heterocycles. The van der Waals surface area contributed by atoms with Crippen LogP contribution in [-0.4, -0.2) is 37.2 Å². The number of unbranched alkanes of at least 4 members (excludes halogenated alkanes) is 6. The standard InChI is InChI=1S/C30H34N4.C5H12/c1-4-32-20-11-6-5-7-12-21-33-23-28-26(17-10-13-19-31-3)27-18-14-22-34-30(27)29(28)25-16-9-8-15-24(25)2;1-3-5-4-2/h8-10,13-20,22-23H,2-7,11-12,21H2,1H3;3-5H2,1-2H3/b17-10-,19-13+,29-25+,32-20?,33-23?;. The largest absolute Gasteiger partial charge is 0.298 e. The lowest BCUT2D eigenvalue weighted by Crippen LogP contribution is -2.26. The van der Waals surface area contributed by atoms with Gasteiger partial charge in [-0.05, 0) is 67.3 Å². The van der Waals surface area contributed by atoms with Crippen molar-refractivity contribution < 1.29 is 0 Å². The lowest BCUT2D eigenvalue weighted by Gasteiger charge is -2.04. The molecule has 1 aliphatic carbocycles. The van der Waals surface area contributed by atoms with Crippen LogP contribution >= 0.6 is 0 Å². The van der Waals surface area contributed by atoms with Gasteiger partial charge in [0.05, 0.1) is 5.69 Å². The Labute approximate surface area is 236 Å². The second-order valence-electron chi connectivity index (χ2n) is 9.42. The van der Waals surface area contributed by atoms with E-state index in [1.165, 1.54) is 38.5 Å². The minimum absolute atomic E-state index is 0.812. The van der Waals surface area contributed by atoms with E-state index < -0.39 is 0 Å². The van der Waals surface area contributed by atoms with E-state index >= 15 is 0 Å². The summed E-state index contributed by atoms with van der Waals surface area (Å²) in [5.74, 6) is 0. The van der Waals surface area contributed by atoms with E-state index in [-0.39, 0.29) is 0 Å². The van der Waals surface area contributed by atoms with Gasteiger partial charge in [0.25, 0.3) is 0 Å². The van der Waals surface area contributed by atoms with Crippen LogP contribution in [0, 0.1) is 0 Å². The zero-order valence-corrected chi connectivity index (χ0v) is 24.3. The molecule has 0 atom stereocenters. The molecule has 0 radical (unpaired) electrons. The molecule has 1 aromatic carbocycles. The Hall–Kier alpha value is -3.66. The lowest BCUT2D eigenvalue weighted by molar-refractivity contribution is 0.662. The molecular formula is C35H46N4. The molecule has 2 aromatic rings. The number of aromatic nitrogens is 1. The summed E-state index contributed by atoms with van der Waals surface area (Å²) in [6, 6.07) is 12.3. The van der Waals surface area contributed by atoms with Gasteiger partial charge >= 0.3 is 0 Å². The predicted octanol–water partition coefficient (Wildman–Crippen LogP) is 7.54. The first-order valence-electron chi connectivity index (χ1n) is 14.4. The fourth-order valence-corrected chi connectivity index (χ4v) is 4.36. The number of allylic oxidation sites excluding steroid dienone is 5. The van der Waals surface area contributed by atoms with Crippen LogP contribution in [0.2, 0.25) is 0 Å². The quantitative estimate of drug-likeness (QED) is 0.144. The Bertz CT molecular complexity index is 1280. The lowest BCUT2D eigenvalue weighted by atomic mass is 10.0. The number of pyridine rings is 1. The van der Waals surface area contributed by atoms with Crippen LogP contribution < -0.4 is 10.4 Å². The zero-order chi connectivity index (χ0) is 28.1. The van der Waals surface area contributed by atoms with Crippen molar-refractivity contribution in [3.63, 3.8) is 0 Å². The van der Waals surface area contributed by atoms with E-state index in [0.717, 1.165) is 64.3 Å². The van der Waals surface area contributed by atoms with Crippen LogP contribution in [-0.2, 0) is 0 Å². The summed E-state index contributed by atoms with van der Waals surface area (Å²) < 4.78 is 0. The molecule has 4 nitrogen and oxygen atoms in total. The van der Waals surface area contributed by atoms with E-state index in [0.29, 0.717) is 0 Å². The van der Waals surface area contributed by atoms with Crippen molar-refractivity contribution in [3.05, 3.63) is 94.3 Å². The highest BCUT2D eigenvalue weighted by Gasteiger charge is 2.25. The number of rotatable bonds is 14. The van der Waals surface area contributed by atoms with Gasteiger partial charge in [-0.15, -0.1) is 0 Å². The third kappa shape index (κ3) is 10.6. The van der Waals surface area contributed by atoms with Crippen LogP contribution in [0.4, 0.5) is 0 Å². The van der Waals surface area contributed by atoms with Crippen molar-refractivity contribution in [2.45, 2.75) is 72.1 Å². The molecule has 0 saturated carbocycles. The molecule has 0 unspecified atom stereocenters. The molecule has 0 bridgehead atoms. The van der Waals surface area contributed by atoms with Gasteiger partial charge in [0, 0.05) is 48.4 Å². The topological polar surface area (TPSA) is 50.0 Å². The van der Waals surface area contributed by atoms with E-state index in [4.69, 9.17) is 9.98 Å². The van der Waals surface area contributed by atoms with Gasteiger partial charge in [0.1, 0.15) is 0 Å². The van der Waals surface area contributed by atoms with Crippen molar-refractivity contribution in [1.82, 2.24) is 4.98 Å². The summed E-state index contributed by atoms with van der Waals surface area (Å²) in [5, 5.41) is 2.07. The van der Waals surface area contributed by atoms with Crippen molar-refractivity contribution >= 4 is 36.9 Å². The van der Waals surface area contributed by atoms with Crippen molar-refractivity contribution in [3.8, 4) is 0 Å². The van der Waals surface area contributed by atoms with Crippen LogP contribution in [0.5, 0.6) is 0 Å². The SMILES string of the molecule is C=N/C=C/C=C\C1=C(C=NCCCCCCC=NCC)C(=c2/ccccc2=C)/c2ncccc21.CCCCC. The molecule has 4 heteroatoms. The first-order chi connectivity index (χ1) is 19.2. The second kappa shape index (κ2) is 19.4. The summed E-state index contributed by atoms with van der Waals surface area (Å²) in [5.41, 5.74) is 5.35. The molecule has 3 rings (SSSR count). The van der Waals surface area contributed by atoms with Gasteiger partial charge in [-0.3, -0.25) is 20.0 Å². The number of hydrogen-bond donors (Lipinski definition) is 0. The minimum Gasteiger partial charge on any atom is -0.298 e. The Morgan fingerprint density at radius 2 is 1.64 bits per heavy atom. The zero-order valence-electron chi connectivity index (χ0n) is 24.3. The molecule has 0 N–H and O–H groups in total. The van der Waals surface area contributed by atoms with Crippen LogP contribution in [0.25, 0.3) is 17.7 Å². The number of aliphatic imine (C=N–C) groups is 3. The fourth-order valence-electron chi connectivity index (χ4n) is 4.36. The van der Waals surface area contributed by atoms with Gasteiger partial charge in [-0.2, -0.15) is 0 Å². The van der Waals surface area contributed by atoms with Crippen LogP contribution in [0.15, 0.2) is 87.6 Å². The highest BCUT2D eigenvalue weighted by molar-refractivity contribution is 6.15. The Balaban J connectivity index is 0.000000976. The molecule has 1 aromatic heterocycles. The minimum atomic E-state index is 0.812. The molecule has 206 valence electrons. The van der Waals surface area contributed by atoms with Crippen molar-refractivity contribution in [2.24, 2.45) is 15.0 Å². The van der Waals surface area contributed by atoms with E-state index in [2.05, 4.69) is 62.3 Å². The first-order valence-corrected chi connectivity index (χ1v) is 14.4.